The molecule has 1 aliphatic rings. The van der Waals surface area contributed by atoms with E-state index >= 15 is 0 Å². The normalized spacial score (nSPS) is 19.3. The Bertz CT molecular complexity index is 1420. The molecule has 2 N–H and O–H groups in total. The van der Waals surface area contributed by atoms with Gasteiger partial charge < -0.3 is 20.1 Å². The summed E-state index contributed by atoms with van der Waals surface area (Å²) in [5, 5.41) is 6.59. The Morgan fingerprint density at radius 1 is 0.947 bits per heavy atom. The highest BCUT2D eigenvalue weighted by molar-refractivity contribution is 5.83. The van der Waals surface area contributed by atoms with Gasteiger partial charge in [0.2, 0.25) is 5.95 Å². The summed E-state index contributed by atoms with van der Waals surface area (Å²) in [4.78, 5) is 15.0. The van der Waals surface area contributed by atoms with E-state index in [2.05, 4.69) is 30.5 Å². The number of ether oxygens (including phenoxy) is 2. The Morgan fingerprint density at radius 3 is 2.39 bits per heavy atom. The van der Waals surface area contributed by atoms with Crippen molar-refractivity contribution in [1.82, 2.24) is 19.9 Å². The molecule has 1 aliphatic carbocycles. The number of nitrogens with zero attached hydrogens (tertiary/aromatic N) is 4. The van der Waals surface area contributed by atoms with Crippen LogP contribution in [-0.2, 0) is 10.9 Å². The third kappa shape index (κ3) is 5.48. The summed E-state index contributed by atoms with van der Waals surface area (Å²) >= 11 is 0. The first-order valence-corrected chi connectivity index (χ1v) is 12.0. The van der Waals surface area contributed by atoms with Gasteiger partial charge in [0.25, 0.3) is 0 Å². The van der Waals surface area contributed by atoms with Crippen LogP contribution in [0.25, 0.3) is 10.9 Å². The lowest BCUT2D eigenvalue weighted by Gasteiger charge is -2.50. The van der Waals surface area contributed by atoms with Crippen molar-refractivity contribution in [2.24, 2.45) is 0 Å². The first kappa shape index (κ1) is 25.7. The first-order chi connectivity index (χ1) is 18.1. The number of pyridine rings is 1. The number of nitrogens with one attached hydrogen (secondary N) is 2. The van der Waals surface area contributed by atoms with Crippen LogP contribution < -0.4 is 15.4 Å². The molecule has 11 heteroatoms. The number of hydrogen-bond donors (Lipinski definition) is 2. The van der Waals surface area contributed by atoms with Gasteiger partial charge in [-0.3, -0.25) is 9.88 Å². The summed E-state index contributed by atoms with van der Waals surface area (Å²) in [6.07, 6.45) is 0.372. The fraction of sp³-hybridized carbons (Fsp3) is 0.296. The van der Waals surface area contributed by atoms with Crippen molar-refractivity contribution in [1.29, 1.82) is 0 Å². The van der Waals surface area contributed by atoms with Crippen molar-refractivity contribution in [2.75, 3.05) is 31.8 Å². The summed E-state index contributed by atoms with van der Waals surface area (Å²) < 4.78 is 50.9. The molecule has 198 valence electrons. The molecular weight excluding hydrogens is 497 g/mol. The van der Waals surface area contributed by atoms with Crippen molar-refractivity contribution in [3.63, 3.8) is 0 Å². The van der Waals surface area contributed by atoms with E-state index in [9.17, 15) is 13.2 Å². The number of methoxy groups -OCH3 is 1. The highest BCUT2D eigenvalue weighted by atomic mass is 19.4. The third-order valence-corrected chi connectivity index (χ3v) is 6.64. The maximum Gasteiger partial charge on any atom is 0.416 e. The molecule has 2 heterocycles. The van der Waals surface area contributed by atoms with Crippen LogP contribution in [0.5, 0.6) is 5.75 Å². The minimum atomic E-state index is -4.42. The molecule has 0 radical (unpaired) electrons. The Hall–Kier alpha value is -3.96. The Morgan fingerprint density at radius 2 is 1.71 bits per heavy atom. The van der Waals surface area contributed by atoms with Gasteiger partial charge in [-0.15, -0.1) is 0 Å². The highest BCUT2D eigenvalue weighted by Crippen LogP contribution is 2.39. The fourth-order valence-electron chi connectivity index (χ4n) is 4.40. The van der Waals surface area contributed by atoms with Crippen LogP contribution in [0.4, 0.5) is 36.3 Å². The molecule has 2 aromatic heterocycles. The Kier molecular flexibility index (Phi) is 6.80. The van der Waals surface area contributed by atoms with Crippen LogP contribution in [0, 0.1) is 0 Å². The Labute approximate surface area is 217 Å². The summed E-state index contributed by atoms with van der Waals surface area (Å²) in [5.41, 5.74) is 0.755. The molecule has 0 bridgehead atoms. The van der Waals surface area contributed by atoms with E-state index in [0.717, 1.165) is 36.4 Å². The minimum Gasteiger partial charge on any atom is -0.490 e. The lowest BCUT2D eigenvalue weighted by molar-refractivity contribution is -0.204. The number of fused-ring (bicyclic) bond motifs is 1. The van der Waals surface area contributed by atoms with Crippen LogP contribution in [-0.4, -0.2) is 52.9 Å². The van der Waals surface area contributed by atoms with E-state index in [4.69, 9.17) is 9.47 Å². The van der Waals surface area contributed by atoms with E-state index in [-0.39, 0.29) is 11.8 Å². The van der Waals surface area contributed by atoms with Gasteiger partial charge in [0.05, 0.1) is 23.0 Å². The molecule has 1 fully saturated rings. The molecule has 0 unspecified atom stereocenters. The van der Waals surface area contributed by atoms with Crippen LogP contribution in [0.2, 0.25) is 0 Å². The van der Waals surface area contributed by atoms with Crippen LogP contribution in [0.3, 0.4) is 0 Å². The number of hydrogen-bond acceptors (Lipinski definition) is 8. The summed E-state index contributed by atoms with van der Waals surface area (Å²) in [6, 6.07) is 14.2. The molecule has 2 aromatic carbocycles. The average Bonchev–Trinajstić information content (AvgIpc) is 2.86. The fourth-order valence-corrected chi connectivity index (χ4v) is 4.40. The lowest BCUT2D eigenvalue weighted by Crippen LogP contribution is -2.59. The van der Waals surface area contributed by atoms with Crippen molar-refractivity contribution in [3.8, 4) is 5.75 Å². The van der Waals surface area contributed by atoms with E-state index < -0.39 is 11.7 Å². The largest absolute Gasteiger partial charge is 0.490 e. The van der Waals surface area contributed by atoms with Crippen molar-refractivity contribution in [2.45, 2.75) is 30.8 Å². The van der Waals surface area contributed by atoms with Crippen LogP contribution in [0.15, 0.2) is 67.0 Å². The smallest absolute Gasteiger partial charge is 0.416 e. The minimum absolute atomic E-state index is 0.0897. The molecule has 5 rings (SSSR count). The molecule has 0 saturated heterocycles. The van der Waals surface area contributed by atoms with Gasteiger partial charge in [-0.25, -0.2) is 4.98 Å². The topological polar surface area (TPSA) is 84.4 Å². The SMILES string of the molecule is COC1(N(C)C)CC(Oc2ccc(Nc3nccc(Nc4cnc5ccc(C(F)(F)F)cc5c4)n3)cc2)C1. The van der Waals surface area contributed by atoms with Gasteiger partial charge in [-0.05, 0) is 68.7 Å². The number of anilines is 4. The predicted molar refractivity (Wildman–Crippen MR) is 139 cm³/mol. The van der Waals surface area contributed by atoms with Crippen molar-refractivity contribution >= 4 is 34.0 Å². The van der Waals surface area contributed by atoms with Gasteiger partial charge in [-0.1, -0.05) is 0 Å². The number of aromatic nitrogens is 3. The zero-order valence-corrected chi connectivity index (χ0v) is 21.1. The van der Waals surface area contributed by atoms with Crippen LogP contribution >= 0.6 is 0 Å². The standard InChI is InChI=1S/C27H27F3N6O2/c1-36(2)26(37-3)14-22(15-26)38-21-7-5-19(6-8-21)34-25-31-11-10-24(35-25)33-20-13-17-12-18(27(28,29)30)4-9-23(17)32-16-20/h4-13,16,22H,14-15H2,1-3H3,(H2,31,33,34,35). The third-order valence-electron chi connectivity index (χ3n) is 6.64. The molecule has 0 aliphatic heterocycles. The zero-order valence-electron chi connectivity index (χ0n) is 21.1. The van der Waals surface area contributed by atoms with E-state index in [1.807, 2.05) is 38.4 Å². The second kappa shape index (κ2) is 10.1. The highest BCUT2D eigenvalue weighted by Gasteiger charge is 2.48. The zero-order chi connectivity index (χ0) is 26.9. The van der Waals surface area contributed by atoms with E-state index in [0.29, 0.717) is 28.4 Å². The molecule has 4 aromatic rings. The lowest BCUT2D eigenvalue weighted by atomic mass is 9.83. The van der Waals surface area contributed by atoms with Crippen molar-refractivity contribution in [3.05, 3.63) is 72.6 Å². The number of halogens is 3. The number of benzene rings is 2. The first-order valence-electron chi connectivity index (χ1n) is 12.0. The quantitative estimate of drug-likeness (QED) is 0.273. The van der Waals surface area contributed by atoms with Gasteiger partial charge in [0.15, 0.2) is 0 Å². The molecule has 1 saturated carbocycles. The molecular formula is C27H27F3N6O2. The summed E-state index contributed by atoms with van der Waals surface area (Å²) in [7, 11) is 5.71. The predicted octanol–water partition coefficient (Wildman–Crippen LogP) is 5.98. The van der Waals surface area contributed by atoms with E-state index in [1.54, 1.807) is 31.6 Å². The second-order valence-corrected chi connectivity index (χ2v) is 9.36. The molecule has 0 amide bonds. The van der Waals surface area contributed by atoms with E-state index in [1.165, 1.54) is 6.07 Å². The summed E-state index contributed by atoms with van der Waals surface area (Å²) in [6.45, 7) is 0. The maximum atomic E-state index is 13.1. The average molecular weight is 525 g/mol. The van der Waals surface area contributed by atoms with Gasteiger partial charge in [0.1, 0.15) is 23.4 Å². The number of alkyl halides is 3. The van der Waals surface area contributed by atoms with Crippen molar-refractivity contribution < 1.29 is 22.6 Å². The molecule has 0 atom stereocenters. The van der Waals surface area contributed by atoms with Gasteiger partial charge >= 0.3 is 6.18 Å². The van der Waals surface area contributed by atoms with Crippen LogP contribution in [0.1, 0.15) is 18.4 Å². The molecule has 8 nitrogen and oxygen atoms in total. The Balaban J connectivity index is 1.22. The summed E-state index contributed by atoms with van der Waals surface area (Å²) in [5.74, 6) is 1.58. The molecule has 0 spiro atoms. The monoisotopic (exact) mass is 524 g/mol. The molecule has 38 heavy (non-hydrogen) atoms. The second-order valence-electron chi connectivity index (χ2n) is 9.36. The van der Waals surface area contributed by atoms with Gasteiger partial charge in [0, 0.05) is 37.2 Å². The maximum absolute atomic E-state index is 13.1. The number of rotatable bonds is 8. The van der Waals surface area contributed by atoms with Gasteiger partial charge in [-0.2, -0.15) is 18.2 Å².